The van der Waals surface area contributed by atoms with E-state index in [1.54, 1.807) is 24.3 Å². The molecule has 8 nitrogen and oxygen atoms in total. The number of methoxy groups -OCH3 is 1. The molecule has 1 aliphatic heterocycles. The second-order valence-electron chi connectivity index (χ2n) is 5.77. The summed E-state index contributed by atoms with van der Waals surface area (Å²) in [5.41, 5.74) is 0.614. The second kappa shape index (κ2) is 8.21. The Morgan fingerprint density at radius 1 is 1.08 bits per heavy atom. The Bertz CT molecular complexity index is 503. The minimum absolute atomic E-state index is 0.549. The topological polar surface area (TPSA) is 129 Å². The van der Waals surface area contributed by atoms with E-state index in [4.69, 9.17) is 14.2 Å². The minimum atomic E-state index is -1.54. The van der Waals surface area contributed by atoms with Crippen molar-refractivity contribution in [2.24, 2.45) is 0 Å². The van der Waals surface area contributed by atoms with Crippen molar-refractivity contribution in [3.05, 3.63) is 29.8 Å². The van der Waals surface area contributed by atoms with E-state index in [1.807, 2.05) is 0 Å². The number of ether oxygens (including phenoxy) is 3. The van der Waals surface area contributed by atoms with Gasteiger partial charge in [0.2, 0.25) is 0 Å². The summed E-state index contributed by atoms with van der Waals surface area (Å²) in [7, 11) is 1.53. The summed E-state index contributed by atoms with van der Waals surface area (Å²) in [6, 6.07) is 6.78. The van der Waals surface area contributed by atoms with Crippen LogP contribution < -0.4 is 4.74 Å². The van der Waals surface area contributed by atoms with Gasteiger partial charge >= 0.3 is 0 Å². The van der Waals surface area contributed by atoms with E-state index >= 15 is 0 Å². The summed E-state index contributed by atoms with van der Waals surface area (Å²) in [4.78, 5) is 0. The molecule has 7 atom stereocenters. The Morgan fingerprint density at radius 3 is 2.21 bits per heavy atom. The van der Waals surface area contributed by atoms with E-state index in [9.17, 15) is 25.5 Å². The molecule has 2 rings (SSSR count). The van der Waals surface area contributed by atoms with E-state index < -0.39 is 49.5 Å². The molecule has 0 amide bonds. The van der Waals surface area contributed by atoms with Crippen LogP contribution in [-0.2, 0) is 9.47 Å². The molecule has 0 spiro atoms. The highest BCUT2D eigenvalue weighted by molar-refractivity contribution is 5.29. The highest BCUT2D eigenvalue weighted by atomic mass is 16.7. The zero-order valence-corrected chi connectivity index (χ0v) is 13.5. The molecule has 0 bridgehead atoms. The third-order valence-corrected chi connectivity index (χ3v) is 4.01. The first-order valence-electron chi connectivity index (χ1n) is 7.67. The van der Waals surface area contributed by atoms with Crippen molar-refractivity contribution >= 4 is 0 Å². The van der Waals surface area contributed by atoms with Crippen LogP contribution in [0.3, 0.4) is 0 Å². The zero-order chi connectivity index (χ0) is 17.9. The lowest BCUT2D eigenvalue weighted by atomic mass is 9.99. The second-order valence-corrected chi connectivity index (χ2v) is 5.77. The summed E-state index contributed by atoms with van der Waals surface area (Å²) in [5.74, 6) is 0.635. The first-order chi connectivity index (χ1) is 11.4. The number of aliphatic hydroxyl groups is 5. The number of aliphatic hydroxyl groups excluding tert-OH is 5. The maximum absolute atomic E-state index is 10.0. The van der Waals surface area contributed by atoms with Gasteiger partial charge < -0.3 is 39.7 Å². The van der Waals surface area contributed by atoms with Crippen molar-refractivity contribution in [3.63, 3.8) is 0 Å². The van der Waals surface area contributed by atoms with Gasteiger partial charge in [-0.15, -0.1) is 0 Å². The molecule has 1 aromatic carbocycles. The highest BCUT2D eigenvalue weighted by Gasteiger charge is 2.45. The van der Waals surface area contributed by atoms with E-state index in [-0.39, 0.29) is 0 Å². The van der Waals surface area contributed by atoms with Crippen molar-refractivity contribution < 1.29 is 39.7 Å². The maximum Gasteiger partial charge on any atom is 0.187 e. The highest BCUT2D eigenvalue weighted by Crippen LogP contribution is 2.30. The first-order valence-corrected chi connectivity index (χ1v) is 7.67. The Hall–Kier alpha value is -1.26. The van der Waals surface area contributed by atoms with E-state index in [0.717, 1.165) is 0 Å². The van der Waals surface area contributed by atoms with E-state index in [1.165, 1.54) is 14.0 Å². The molecular formula is C16H24O8. The van der Waals surface area contributed by atoms with Gasteiger partial charge in [-0.1, -0.05) is 12.1 Å². The monoisotopic (exact) mass is 344 g/mol. The largest absolute Gasteiger partial charge is 0.497 e. The molecule has 0 aromatic heterocycles. The number of hydrogen-bond donors (Lipinski definition) is 5. The average Bonchev–Trinajstić information content (AvgIpc) is 2.59. The number of benzene rings is 1. The van der Waals surface area contributed by atoms with Crippen LogP contribution in [0.1, 0.15) is 18.6 Å². The summed E-state index contributed by atoms with van der Waals surface area (Å²) < 4.78 is 16.0. The molecule has 5 N–H and O–H groups in total. The zero-order valence-electron chi connectivity index (χ0n) is 13.5. The van der Waals surface area contributed by atoms with Crippen molar-refractivity contribution in [2.45, 2.75) is 49.8 Å². The maximum atomic E-state index is 10.0. The smallest absolute Gasteiger partial charge is 0.187 e. The van der Waals surface area contributed by atoms with Crippen molar-refractivity contribution in [2.75, 3.05) is 13.7 Å². The minimum Gasteiger partial charge on any atom is -0.497 e. The van der Waals surface area contributed by atoms with Crippen LogP contribution in [0.5, 0.6) is 5.75 Å². The van der Waals surface area contributed by atoms with Gasteiger partial charge in [0.25, 0.3) is 0 Å². The lowest BCUT2D eigenvalue weighted by Gasteiger charge is -2.41. The Balaban J connectivity index is 2.17. The molecule has 1 heterocycles. The molecule has 1 fully saturated rings. The van der Waals surface area contributed by atoms with Crippen LogP contribution in [0.25, 0.3) is 0 Å². The molecule has 0 saturated carbocycles. The Morgan fingerprint density at radius 2 is 1.71 bits per heavy atom. The van der Waals surface area contributed by atoms with Gasteiger partial charge in [-0.3, -0.25) is 0 Å². The molecule has 136 valence electrons. The molecule has 0 radical (unpaired) electrons. The van der Waals surface area contributed by atoms with Crippen molar-refractivity contribution in [1.82, 2.24) is 0 Å². The lowest BCUT2D eigenvalue weighted by molar-refractivity contribution is -0.317. The summed E-state index contributed by atoms with van der Waals surface area (Å²) >= 11 is 0. The predicted octanol–water partition coefficient (Wildman–Crippen LogP) is -1.07. The van der Waals surface area contributed by atoms with Crippen LogP contribution in [0.15, 0.2) is 24.3 Å². The van der Waals surface area contributed by atoms with Gasteiger partial charge in [0.05, 0.1) is 19.8 Å². The fourth-order valence-electron chi connectivity index (χ4n) is 2.59. The van der Waals surface area contributed by atoms with Gasteiger partial charge in [-0.25, -0.2) is 0 Å². The average molecular weight is 344 g/mol. The third kappa shape index (κ3) is 4.04. The van der Waals surface area contributed by atoms with Gasteiger partial charge in [0.1, 0.15) is 36.3 Å². The van der Waals surface area contributed by atoms with Crippen LogP contribution in [-0.4, -0.2) is 76.1 Å². The lowest BCUT2D eigenvalue weighted by Crippen LogP contribution is -2.59. The van der Waals surface area contributed by atoms with Gasteiger partial charge in [-0.05, 0) is 24.6 Å². The molecule has 1 saturated heterocycles. The normalized spacial score (nSPS) is 33.0. The van der Waals surface area contributed by atoms with Crippen molar-refractivity contribution in [3.8, 4) is 5.75 Å². The fraction of sp³-hybridized carbons (Fsp3) is 0.625. The predicted molar refractivity (Wildman–Crippen MR) is 82.3 cm³/mol. The van der Waals surface area contributed by atoms with Gasteiger partial charge in [0.15, 0.2) is 6.29 Å². The van der Waals surface area contributed by atoms with Crippen LogP contribution in [0.2, 0.25) is 0 Å². The van der Waals surface area contributed by atoms with Crippen molar-refractivity contribution in [1.29, 1.82) is 0 Å². The molecule has 1 aliphatic rings. The van der Waals surface area contributed by atoms with E-state index in [2.05, 4.69) is 0 Å². The summed E-state index contributed by atoms with van der Waals surface area (Å²) in [6.07, 6.45) is -8.70. The number of hydrogen-bond acceptors (Lipinski definition) is 8. The Kier molecular flexibility index (Phi) is 6.53. The van der Waals surface area contributed by atoms with Crippen LogP contribution >= 0.6 is 0 Å². The molecular weight excluding hydrogens is 320 g/mol. The molecule has 24 heavy (non-hydrogen) atoms. The quantitative estimate of drug-likeness (QED) is 0.441. The Labute approximate surface area is 139 Å². The fourth-order valence-corrected chi connectivity index (χ4v) is 2.59. The SMILES string of the molecule is COc1ccc([C@H](O[C@H]2O[C@@H](CO)[C@@H](O)[C@@H](O)[C@H]2O)[C@H](C)O)cc1. The third-order valence-electron chi connectivity index (χ3n) is 4.01. The van der Waals surface area contributed by atoms with Crippen LogP contribution in [0, 0.1) is 0 Å². The summed E-state index contributed by atoms with van der Waals surface area (Å²) in [5, 5.41) is 48.8. The van der Waals surface area contributed by atoms with Gasteiger partial charge in [-0.2, -0.15) is 0 Å². The standard InChI is InChI=1S/C16H24O8/c1-8(18)15(9-3-5-10(22-2)6-4-9)24-16-14(21)13(20)12(19)11(7-17)23-16/h3-6,8,11-21H,7H2,1-2H3/t8-,11-,12+,13+,14+,15+,16+/m0/s1. The van der Waals surface area contributed by atoms with Gasteiger partial charge in [0, 0.05) is 0 Å². The first kappa shape index (κ1) is 19.1. The molecule has 0 aliphatic carbocycles. The molecule has 0 unspecified atom stereocenters. The van der Waals surface area contributed by atoms with E-state index in [0.29, 0.717) is 11.3 Å². The number of rotatable bonds is 6. The molecule has 8 heteroatoms. The molecule has 1 aromatic rings. The van der Waals surface area contributed by atoms with Crippen LogP contribution in [0.4, 0.5) is 0 Å². The summed E-state index contributed by atoms with van der Waals surface area (Å²) in [6.45, 7) is 0.964.